The Morgan fingerprint density at radius 2 is 2.00 bits per heavy atom. The van der Waals surface area contributed by atoms with Crippen molar-refractivity contribution in [3.05, 3.63) is 36.0 Å². The molecule has 0 unspecified atom stereocenters. The van der Waals surface area contributed by atoms with Crippen LogP contribution in [-0.2, 0) is 6.18 Å². The average molecular weight is 197 g/mol. The fourth-order valence-electron chi connectivity index (χ4n) is 1.12. The normalized spacial score (nSPS) is 11.9. The van der Waals surface area contributed by atoms with E-state index in [1.54, 1.807) is 0 Å². The summed E-state index contributed by atoms with van der Waals surface area (Å²) < 4.78 is 36.8. The van der Waals surface area contributed by atoms with Gasteiger partial charge in [0.05, 0.1) is 11.1 Å². The summed E-state index contributed by atoms with van der Waals surface area (Å²) in [5.74, 6) is 0. The topological polar surface area (TPSA) is 25.8 Å². The lowest BCUT2D eigenvalue weighted by atomic mass is 10.1. The number of fused-ring (bicyclic) bond motifs is 1. The smallest absolute Gasteiger partial charge is 0.166 e. The van der Waals surface area contributed by atoms with E-state index in [0.717, 1.165) is 12.1 Å². The van der Waals surface area contributed by atoms with E-state index in [-0.39, 0.29) is 0 Å². The lowest BCUT2D eigenvalue weighted by Gasteiger charge is -2.06. The van der Waals surface area contributed by atoms with E-state index in [9.17, 15) is 13.2 Å². The summed E-state index contributed by atoms with van der Waals surface area (Å²) in [5, 5.41) is 7.46. The van der Waals surface area contributed by atoms with Crippen LogP contribution in [0.5, 0.6) is 0 Å². The third-order valence-electron chi connectivity index (χ3n) is 1.79. The van der Waals surface area contributed by atoms with Gasteiger partial charge in [-0.15, -0.1) is 10.2 Å². The Balaban J connectivity index is 2.63. The Bertz CT molecular complexity index is 465. The fraction of sp³-hybridized carbons (Fsp3) is 0.111. The maximum absolute atomic E-state index is 12.3. The molecule has 0 spiro atoms. The van der Waals surface area contributed by atoms with Gasteiger partial charge in [0.15, 0.2) is 0 Å². The van der Waals surface area contributed by atoms with Gasteiger partial charge in [-0.25, -0.2) is 0 Å². The van der Waals surface area contributed by atoms with Crippen LogP contribution in [0.2, 0.25) is 0 Å². The maximum Gasteiger partial charge on any atom is 0.416 e. The summed E-state index contributed by atoms with van der Waals surface area (Å²) >= 11 is 0. The summed E-state index contributed by atoms with van der Waals surface area (Å²) in [6, 6.07) is 4.67. The number of alkyl halides is 3. The molecule has 1 aromatic heterocycles. The van der Waals surface area contributed by atoms with Gasteiger partial charge in [0.1, 0.15) is 6.20 Å². The fourth-order valence-corrected chi connectivity index (χ4v) is 1.12. The molecule has 0 saturated heterocycles. The summed E-state index contributed by atoms with van der Waals surface area (Å²) in [7, 11) is 0. The van der Waals surface area contributed by atoms with Crippen LogP contribution in [0.1, 0.15) is 5.56 Å². The summed E-state index contributed by atoms with van der Waals surface area (Å²) in [4.78, 5) is 0. The Morgan fingerprint density at radius 3 is 2.71 bits per heavy atom. The Hall–Kier alpha value is -1.65. The van der Waals surface area contributed by atoms with Gasteiger partial charge in [0.2, 0.25) is 0 Å². The first-order valence-electron chi connectivity index (χ1n) is 3.78. The minimum Gasteiger partial charge on any atom is -0.166 e. The largest absolute Gasteiger partial charge is 0.416 e. The van der Waals surface area contributed by atoms with E-state index in [4.69, 9.17) is 0 Å². The number of aromatic nitrogens is 2. The molecule has 2 nitrogen and oxygen atoms in total. The van der Waals surface area contributed by atoms with Crippen molar-refractivity contribution in [3.63, 3.8) is 0 Å². The molecule has 2 aromatic rings. The van der Waals surface area contributed by atoms with Gasteiger partial charge in [-0.3, -0.25) is 0 Å². The van der Waals surface area contributed by atoms with Crippen molar-refractivity contribution in [2.75, 3.05) is 0 Å². The van der Waals surface area contributed by atoms with Crippen molar-refractivity contribution < 1.29 is 13.2 Å². The second kappa shape index (κ2) is 2.94. The SMILES string of the molecule is FC(F)(F)c1ccc2nn[c]cc2c1. The van der Waals surface area contributed by atoms with Crippen LogP contribution >= 0.6 is 0 Å². The van der Waals surface area contributed by atoms with Gasteiger partial charge < -0.3 is 0 Å². The molecular weight excluding hydrogens is 193 g/mol. The second-order valence-electron chi connectivity index (χ2n) is 2.74. The highest BCUT2D eigenvalue weighted by Gasteiger charge is 2.30. The zero-order chi connectivity index (χ0) is 10.2. The van der Waals surface area contributed by atoms with Gasteiger partial charge in [0, 0.05) is 5.39 Å². The standard InChI is InChI=1S/C9H4F3N2/c10-9(11,12)7-1-2-8-6(5-7)3-4-13-14-8/h1-3,5H. The minimum atomic E-state index is -4.32. The number of hydrogen-bond acceptors (Lipinski definition) is 2. The molecule has 0 bridgehead atoms. The molecule has 1 heterocycles. The average Bonchev–Trinajstić information content (AvgIpc) is 2.16. The highest BCUT2D eigenvalue weighted by Crippen LogP contribution is 2.30. The van der Waals surface area contributed by atoms with Gasteiger partial charge in [-0.05, 0) is 24.3 Å². The van der Waals surface area contributed by atoms with Crippen molar-refractivity contribution in [1.82, 2.24) is 10.2 Å². The molecule has 1 radical (unpaired) electrons. The van der Waals surface area contributed by atoms with Gasteiger partial charge >= 0.3 is 6.18 Å². The number of nitrogens with zero attached hydrogens (tertiary/aromatic N) is 2. The van der Waals surface area contributed by atoms with Crippen molar-refractivity contribution >= 4 is 10.9 Å². The van der Waals surface area contributed by atoms with Crippen LogP contribution in [0.15, 0.2) is 24.3 Å². The monoisotopic (exact) mass is 197 g/mol. The summed E-state index contributed by atoms with van der Waals surface area (Å²) in [5.41, 5.74) is -0.261. The molecule has 5 heteroatoms. The molecule has 0 amide bonds. The molecule has 1 aromatic carbocycles. The predicted molar refractivity (Wildman–Crippen MR) is 43.4 cm³/mol. The lowest BCUT2D eigenvalue weighted by molar-refractivity contribution is -0.137. The van der Waals surface area contributed by atoms with Crippen LogP contribution in [0.25, 0.3) is 10.9 Å². The van der Waals surface area contributed by atoms with E-state index in [0.29, 0.717) is 10.9 Å². The van der Waals surface area contributed by atoms with E-state index in [2.05, 4.69) is 16.4 Å². The quantitative estimate of drug-likeness (QED) is 0.648. The molecule has 0 atom stereocenters. The molecule has 2 rings (SSSR count). The molecule has 0 saturated carbocycles. The summed E-state index contributed by atoms with van der Waals surface area (Å²) in [6.07, 6.45) is -1.94. The molecule has 14 heavy (non-hydrogen) atoms. The molecular formula is C9H4F3N2. The minimum absolute atomic E-state index is 0.384. The molecule has 0 aliphatic heterocycles. The Morgan fingerprint density at radius 1 is 1.21 bits per heavy atom. The molecule has 71 valence electrons. The third kappa shape index (κ3) is 1.53. The highest BCUT2D eigenvalue weighted by molar-refractivity contribution is 5.78. The van der Waals surface area contributed by atoms with Crippen molar-refractivity contribution in [3.8, 4) is 0 Å². The van der Waals surface area contributed by atoms with Crippen LogP contribution in [0, 0.1) is 6.20 Å². The Labute approximate surface area is 77.4 Å². The van der Waals surface area contributed by atoms with Crippen molar-refractivity contribution in [2.45, 2.75) is 6.18 Å². The highest BCUT2D eigenvalue weighted by atomic mass is 19.4. The van der Waals surface area contributed by atoms with Gasteiger partial charge in [-0.1, -0.05) is 0 Å². The van der Waals surface area contributed by atoms with Crippen LogP contribution in [0.3, 0.4) is 0 Å². The molecule has 0 aliphatic rings. The van der Waals surface area contributed by atoms with E-state index < -0.39 is 11.7 Å². The maximum atomic E-state index is 12.3. The van der Waals surface area contributed by atoms with E-state index in [1.165, 1.54) is 12.1 Å². The third-order valence-corrected chi connectivity index (χ3v) is 1.79. The van der Waals surface area contributed by atoms with E-state index >= 15 is 0 Å². The van der Waals surface area contributed by atoms with Gasteiger partial charge in [0.25, 0.3) is 0 Å². The number of rotatable bonds is 0. The number of hydrogen-bond donors (Lipinski definition) is 0. The second-order valence-corrected chi connectivity index (χ2v) is 2.74. The zero-order valence-electron chi connectivity index (χ0n) is 6.84. The predicted octanol–water partition coefficient (Wildman–Crippen LogP) is 2.45. The molecule has 0 fully saturated rings. The first kappa shape index (κ1) is 8.93. The number of halogens is 3. The lowest BCUT2D eigenvalue weighted by Crippen LogP contribution is -2.04. The first-order valence-corrected chi connectivity index (χ1v) is 3.78. The van der Waals surface area contributed by atoms with Crippen molar-refractivity contribution in [1.29, 1.82) is 0 Å². The summed E-state index contributed by atoms with van der Waals surface area (Å²) in [6.45, 7) is 0. The molecule has 0 N–H and O–H groups in total. The zero-order valence-corrected chi connectivity index (χ0v) is 6.84. The van der Waals surface area contributed by atoms with Crippen molar-refractivity contribution in [2.24, 2.45) is 0 Å². The molecule has 0 aliphatic carbocycles. The van der Waals surface area contributed by atoms with Crippen LogP contribution in [0.4, 0.5) is 13.2 Å². The van der Waals surface area contributed by atoms with E-state index in [1.807, 2.05) is 0 Å². The van der Waals surface area contributed by atoms with Gasteiger partial charge in [-0.2, -0.15) is 13.2 Å². The Kier molecular flexibility index (Phi) is 1.87. The number of benzene rings is 1. The van der Waals surface area contributed by atoms with Crippen LogP contribution < -0.4 is 0 Å². The van der Waals surface area contributed by atoms with Crippen LogP contribution in [-0.4, -0.2) is 10.2 Å². The first-order chi connectivity index (χ1) is 6.57.